The highest BCUT2D eigenvalue weighted by Gasteiger charge is 2.19. The average Bonchev–Trinajstić information content (AvgIpc) is 2.40. The summed E-state index contributed by atoms with van der Waals surface area (Å²) < 4.78 is 0. The highest BCUT2D eigenvalue weighted by Crippen LogP contribution is 2.19. The molecule has 110 valence electrons. The van der Waals surface area contributed by atoms with E-state index in [0.29, 0.717) is 12.0 Å². The molecule has 0 bridgehead atoms. The van der Waals surface area contributed by atoms with Crippen LogP contribution in [0.3, 0.4) is 0 Å². The number of likely N-dealkylation sites (N-methyl/N-ethyl adjacent to an activating group) is 1. The van der Waals surface area contributed by atoms with Crippen molar-refractivity contribution in [3.05, 3.63) is 0 Å². The van der Waals surface area contributed by atoms with Crippen molar-refractivity contribution in [2.45, 2.75) is 65.0 Å². The number of nitrogens with one attached hydrogen (secondary N) is 1. The van der Waals surface area contributed by atoms with Crippen molar-refractivity contribution in [2.24, 2.45) is 10.7 Å². The van der Waals surface area contributed by atoms with E-state index in [1.807, 2.05) is 20.8 Å². The normalized spacial score (nSPS) is 19.0. The summed E-state index contributed by atoms with van der Waals surface area (Å²) in [5.74, 6) is 0.478. The Kier molecular flexibility index (Phi) is 6.67. The molecule has 0 saturated heterocycles. The molecule has 5 nitrogen and oxygen atoms in total. The fourth-order valence-electron chi connectivity index (χ4n) is 2.54. The molecule has 0 radical (unpaired) electrons. The van der Waals surface area contributed by atoms with E-state index in [4.69, 9.17) is 5.73 Å². The largest absolute Gasteiger partial charge is 0.370 e. The minimum atomic E-state index is -0.313. The molecular formula is C14H28N4O. The minimum Gasteiger partial charge on any atom is -0.370 e. The fourth-order valence-corrected chi connectivity index (χ4v) is 2.54. The Balaban J connectivity index is 2.47. The minimum absolute atomic E-state index is 0.0757. The van der Waals surface area contributed by atoms with Crippen molar-refractivity contribution < 1.29 is 4.79 Å². The van der Waals surface area contributed by atoms with E-state index in [2.05, 4.69) is 10.3 Å². The van der Waals surface area contributed by atoms with Crippen molar-refractivity contribution in [2.75, 3.05) is 13.1 Å². The Hall–Kier alpha value is -1.26. The molecular weight excluding hydrogens is 240 g/mol. The van der Waals surface area contributed by atoms with Crippen LogP contribution in [0.4, 0.5) is 0 Å². The second-order valence-corrected chi connectivity index (χ2v) is 5.18. The predicted octanol–water partition coefficient (Wildman–Crippen LogP) is 1.48. The zero-order chi connectivity index (χ0) is 14.3. The molecule has 0 aromatic rings. The summed E-state index contributed by atoms with van der Waals surface area (Å²) in [5.41, 5.74) is 5.89. The molecule has 3 N–H and O–H groups in total. The summed E-state index contributed by atoms with van der Waals surface area (Å²) in [6, 6.07) is 0.0178. The lowest BCUT2D eigenvalue weighted by atomic mass is 9.96. The fraction of sp³-hybridized carbons (Fsp3) is 0.857. The van der Waals surface area contributed by atoms with Crippen molar-refractivity contribution >= 4 is 11.9 Å². The SMILES string of the molecule is CCN(CC)C(=O)C(C)NC(N)=NC1CCCCC1. The number of hydrogen-bond acceptors (Lipinski definition) is 2. The standard InChI is InChI=1S/C14H28N4O/c1-4-18(5-2)13(19)11(3)16-14(15)17-12-9-7-6-8-10-12/h11-12H,4-10H2,1-3H3,(H3,15,16,17). The zero-order valence-corrected chi connectivity index (χ0v) is 12.5. The van der Waals surface area contributed by atoms with Gasteiger partial charge in [0.2, 0.25) is 5.91 Å². The first-order valence-corrected chi connectivity index (χ1v) is 7.47. The summed E-state index contributed by atoms with van der Waals surface area (Å²) in [4.78, 5) is 18.4. The van der Waals surface area contributed by atoms with Crippen molar-refractivity contribution in [3.8, 4) is 0 Å². The summed E-state index contributed by atoms with van der Waals surface area (Å²) in [6.45, 7) is 7.24. The first kappa shape index (κ1) is 15.8. The third-order valence-corrected chi connectivity index (χ3v) is 3.71. The van der Waals surface area contributed by atoms with E-state index in [0.717, 1.165) is 25.9 Å². The quantitative estimate of drug-likeness (QED) is 0.586. The summed E-state index contributed by atoms with van der Waals surface area (Å²) in [7, 11) is 0. The number of rotatable bonds is 5. The van der Waals surface area contributed by atoms with Crippen LogP contribution in [0.5, 0.6) is 0 Å². The van der Waals surface area contributed by atoms with E-state index in [-0.39, 0.29) is 11.9 Å². The van der Waals surface area contributed by atoms with Crippen molar-refractivity contribution in [1.82, 2.24) is 10.2 Å². The molecule has 0 heterocycles. The van der Waals surface area contributed by atoms with E-state index >= 15 is 0 Å². The number of amides is 1. The van der Waals surface area contributed by atoms with Crippen LogP contribution in [0.25, 0.3) is 0 Å². The molecule has 19 heavy (non-hydrogen) atoms. The van der Waals surface area contributed by atoms with Gasteiger partial charge in [-0.1, -0.05) is 19.3 Å². The van der Waals surface area contributed by atoms with Crippen LogP contribution in [-0.2, 0) is 4.79 Å². The van der Waals surface area contributed by atoms with Crippen LogP contribution in [0.2, 0.25) is 0 Å². The zero-order valence-electron chi connectivity index (χ0n) is 12.5. The van der Waals surface area contributed by atoms with Gasteiger partial charge in [-0.25, -0.2) is 0 Å². The molecule has 5 heteroatoms. The maximum Gasteiger partial charge on any atom is 0.244 e. The molecule has 1 aliphatic carbocycles. The van der Waals surface area contributed by atoms with Gasteiger partial charge in [-0.15, -0.1) is 0 Å². The van der Waals surface area contributed by atoms with Crippen LogP contribution in [0.1, 0.15) is 52.9 Å². The van der Waals surface area contributed by atoms with Gasteiger partial charge in [-0.05, 0) is 33.6 Å². The van der Waals surface area contributed by atoms with Crippen LogP contribution >= 0.6 is 0 Å². The van der Waals surface area contributed by atoms with Gasteiger partial charge in [0, 0.05) is 13.1 Å². The van der Waals surface area contributed by atoms with Crippen molar-refractivity contribution in [1.29, 1.82) is 0 Å². The molecule has 1 saturated carbocycles. The molecule has 0 aromatic carbocycles. The monoisotopic (exact) mass is 268 g/mol. The number of aliphatic imine (C=N–C) groups is 1. The second-order valence-electron chi connectivity index (χ2n) is 5.18. The van der Waals surface area contributed by atoms with E-state index in [1.165, 1.54) is 19.3 Å². The van der Waals surface area contributed by atoms with E-state index < -0.39 is 0 Å². The average molecular weight is 268 g/mol. The number of carbonyl (C=O) groups is 1. The lowest BCUT2D eigenvalue weighted by Crippen LogP contribution is -2.49. The van der Waals surface area contributed by atoms with Gasteiger partial charge in [-0.2, -0.15) is 0 Å². The molecule has 0 aromatic heterocycles. The number of hydrogen-bond donors (Lipinski definition) is 2. The summed E-state index contributed by atoms with van der Waals surface area (Å²) in [6.07, 6.45) is 5.99. The lowest BCUT2D eigenvalue weighted by molar-refractivity contribution is -0.132. The Morgan fingerprint density at radius 1 is 1.32 bits per heavy atom. The van der Waals surface area contributed by atoms with Crippen molar-refractivity contribution in [3.63, 3.8) is 0 Å². The molecule has 0 aliphatic heterocycles. The first-order chi connectivity index (χ1) is 9.08. The van der Waals surface area contributed by atoms with Gasteiger partial charge in [0.25, 0.3) is 0 Å². The Labute approximate surface area is 116 Å². The smallest absolute Gasteiger partial charge is 0.244 e. The predicted molar refractivity (Wildman–Crippen MR) is 79.0 cm³/mol. The highest BCUT2D eigenvalue weighted by molar-refractivity contribution is 5.88. The van der Waals surface area contributed by atoms with Gasteiger partial charge in [0.05, 0.1) is 6.04 Å². The first-order valence-electron chi connectivity index (χ1n) is 7.47. The topological polar surface area (TPSA) is 70.7 Å². The lowest BCUT2D eigenvalue weighted by Gasteiger charge is -2.24. The third kappa shape index (κ3) is 5.09. The van der Waals surface area contributed by atoms with E-state index in [9.17, 15) is 4.79 Å². The molecule has 1 fully saturated rings. The molecule has 1 unspecified atom stereocenters. The molecule has 1 aliphatic rings. The number of carbonyl (C=O) groups excluding carboxylic acids is 1. The molecule has 1 amide bonds. The number of nitrogens with zero attached hydrogens (tertiary/aromatic N) is 2. The van der Waals surface area contributed by atoms with Gasteiger partial charge in [0.1, 0.15) is 6.04 Å². The Morgan fingerprint density at radius 3 is 2.42 bits per heavy atom. The van der Waals surface area contributed by atoms with Gasteiger partial charge in [-0.3, -0.25) is 9.79 Å². The molecule has 0 spiro atoms. The van der Waals surface area contributed by atoms with Crippen LogP contribution < -0.4 is 11.1 Å². The Morgan fingerprint density at radius 2 is 1.89 bits per heavy atom. The van der Waals surface area contributed by atoms with Crippen LogP contribution in [0.15, 0.2) is 4.99 Å². The maximum atomic E-state index is 12.1. The van der Waals surface area contributed by atoms with Crippen LogP contribution in [0, 0.1) is 0 Å². The van der Waals surface area contributed by atoms with Gasteiger partial charge in [0.15, 0.2) is 5.96 Å². The van der Waals surface area contributed by atoms with Crippen LogP contribution in [-0.4, -0.2) is 41.9 Å². The van der Waals surface area contributed by atoms with Gasteiger partial charge >= 0.3 is 0 Å². The highest BCUT2D eigenvalue weighted by atomic mass is 16.2. The van der Waals surface area contributed by atoms with Gasteiger partial charge < -0.3 is 16.0 Å². The second kappa shape index (κ2) is 8.02. The number of guanidine groups is 1. The number of nitrogens with two attached hydrogens (primary N) is 1. The molecule has 1 rings (SSSR count). The third-order valence-electron chi connectivity index (χ3n) is 3.71. The maximum absolute atomic E-state index is 12.1. The summed E-state index contributed by atoms with van der Waals surface area (Å²) in [5, 5.41) is 3.01. The molecule has 1 atom stereocenters. The van der Waals surface area contributed by atoms with E-state index in [1.54, 1.807) is 4.90 Å². The Bertz CT molecular complexity index is 307. The summed E-state index contributed by atoms with van der Waals surface area (Å²) >= 11 is 0.